The molecule has 0 saturated carbocycles. The van der Waals surface area contributed by atoms with Crippen LogP contribution >= 0.6 is 0 Å². The van der Waals surface area contributed by atoms with Crippen LogP contribution in [0.5, 0.6) is 0 Å². The molecule has 2 N–H and O–H groups in total. The maximum Gasteiger partial charge on any atom is 0.255 e. The highest BCUT2D eigenvalue weighted by Crippen LogP contribution is 2.28. The van der Waals surface area contributed by atoms with Crippen LogP contribution in [0.25, 0.3) is 0 Å². The fraction of sp³-hybridized carbons (Fsp3) is 0.391. The van der Waals surface area contributed by atoms with Gasteiger partial charge in [-0.05, 0) is 56.5 Å². The summed E-state index contributed by atoms with van der Waals surface area (Å²) in [6.45, 7) is 5.02. The monoisotopic (exact) mass is 395 g/mol. The van der Waals surface area contributed by atoms with Crippen LogP contribution in [0.4, 0.5) is 11.4 Å². The molecular formula is C23H29N3O3. The summed E-state index contributed by atoms with van der Waals surface area (Å²) < 4.78 is 5.04. The molecule has 1 aliphatic heterocycles. The van der Waals surface area contributed by atoms with Crippen molar-refractivity contribution in [3.63, 3.8) is 0 Å². The summed E-state index contributed by atoms with van der Waals surface area (Å²) in [5.41, 5.74) is 3.81. The van der Waals surface area contributed by atoms with E-state index in [4.69, 9.17) is 4.74 Å². The van der Waals surface area contributed by atoms with Gasteiger partial charge in [0.25, 0.3) is 11.8 Å². The molecule has 1 heterocycles. The first-order chi connectivity index (χ1) is 14.1. The van der Waals surface area contributed by atoms with E-state index in [2.05, 4.69) is 15.5 Å². The summed E-state index contributed by atoms with van der Waals surface area (Å²) in [4.78, 5) is 27.6. The van der Waals surface area contributed by atoms with Crippen molar-refractivity contribution in [1.29, 1.82) is 0 Å². The van der Waals surface area contributed by atoms with E-state index in [9.17, 15) is 9.59 Å². The number of aryl methyl sites for hydroxylation is 1. The molecule has 3 rings (SSSR count). The van der Waals surface area contributed by atoms with Gasteiger partial charge in [0.15, 0.2) is 0 Å². The maximum atomic E-state index is 12.8. The van der Waals surface area contributed by atoms with E-state index in [1.807, 2.05) is 31.2 Å². The number of rotatable bonds is 8. The molecule has 0 atom stereocenters. The summed E-state index contributed by atoms with van der Waals surface area (Å²) in [6, 6.07) is 13.0. The van der Waals surface area contributed by atoms with Crippen LogP contribution in [-0.4, -0.2) is 45.2 Å². The number of benzene rings is 2. The lowest BCUT2D eigenvalue weighted by atomic mass is 10.1. The van der Waals surface area contributed by atoms with E-state index in [1.165, 1.54) is 0 Å². The first-order valence-corrected chi connectivity index (χ1v) is 10.1. The Balaban J connectivity index is 1.78. The first-order valence-electron chi connectivity index (χ1n) is 10.1. The lowest BCUT2D eigenvalue weighted by Crippen LogP contribution is -2.29. The van der Waals surface area contributed by atoms with Gasteiger partial charge in [0.1, 0.15) is 0 Å². The summed E-state index contributed by atoms with van der Waals surface area (Å²) >= 11 is 0. The Morgan fingerprint density at radius 3 is 2.45 bits per heavy atom. The minimum absolute atomic E-state index is 0.130. The number of anilines is 2. The van der Waals surface area contributed by atoms with E-state index >= 15 is 0 Å². The fourth-order valence-corrected chi connectivity index (χ4v) is 3.45. The van der Waals surface area contributed by atoms with E-state index in [0.29, 0.717) is 30.0 Å². The standard InChI is InChI=1S/C23H29N3O3/c1-17-6-8-18(9-7-17)22(27)25-19-10-11-21(26-13-3-4-14-26)20(16-19)23(28)24-12-5-15-29-2/h6-11,16H,3-5,12-15H2,1-2H3,(H,24,28)(H,25,27). The van der Waals surface area contributed by atoms with Crippen molar-refractivity contribution in [3.8, 4) is 0 Å². The van der Waals surface area contributed by atoms with Crippen LogP contribution < -0.4 is 15.5 Å². The minimum atomic E-state index is -0.189. The zero-order valence-electron chi connectivity index (χ0n) is 17.2. The van der Waals surface area contributed by atoms with Crippen LogP contribution in [0.3, 0.4) is 0 Å². The largest absolute Gasteiger partial charge is 0.385 e. The number of ether oxygens (including phenoxy) is 1. The highest BCUT2D eigenvalue weighted by Gasteiger charge is 2.20. The molecule has 0 aliphatic carbocycles. The summed E-state index contributed by atoms with van der Waals surface area (Å²) in [7, 11) is 1.65. The van der Waals surface area contributed by atoms with E-state index in [1.54, 1.807) is 25.3 Å². The molecule has 2 aromatic rings. The van der Waals surface area contributed by atoms with Gasteiger partial charge in [-0.3, -0.25) is 9.59 Å². The van der Waals surface area contributed by atoms with Crippen molar-refractivity contribution in [2.24, 2.45) is 0 Å². The third kappa shape index (κ3) is 5.57. The van der Waals surface area contributed by atoms with Crippen LogP contribution in [0.2, 0.25) is 0 Å². The highest BCUT2D eigenvalue weighted by molar-refractivity contribution is 6.06. The number of nitrogens with zero attached hydrogens (tertiary/aromatic N) is 1. The third-order valence-corrected chi connectivity index (χ3v) is 5.07. The summed E-state index contributed by atoms with van der Waals surface area (Å²) in [5, 5.41) is 5.87. The van der Waals surface area contributed by atoms with Gasteiger partial charge in [-0.2, -0.15) is 0 Å². The minimum Gasteiger partial charge on any atom is -0.385 e. The van der Waals surface area contributed by atoms with Gasteiger partial charge < -0.3 is 20.3 Å². The van der Waals surface area contributed by atoms with E-state index in [0.717, 1.165) is 43.6 Å². The number of hydrogen-bond donors (Lipinski definition) is 2. The Kier molecular flexibility index (Phi) is 7.25. The molecule has 2 aromatic carbocycles. The van der Waals surface area contributed by atoms with Gasteiger partial charge in [-0.1, -0.05) is 17.7 Å². The molecule has 1 aliphatic rings. The second kappa shape index (κ2) is 10.1. The van der Waals surface area contributed by atoms with Gasteiger partial charge in [-0.25, -0.2) is 0 Å². The van der Waals surface area contributed by atoms with Crippen molar-refractivity contribution >= 4 is 23.2 Å². The smallest absolute Gasteiger partial charge is 0.255 e. The number of methoxy groups -OCH3 is 1. The van der Waals surface area contributed by atoms with Crippen LogP contribution in [0.15, 0.2) is 42.5 Å². The molecule has 6 nitrogen and oxygen atoms in total. The fourth-order valence-electron chi connectivity index (χ4n) is 3.45. The molecule has 6 heteroatoms. The number of nitrogens with one attached hydrogen (secondary N) is 2. The van der Waals surface area contributed by atoms with Crippen LogP contribution in [0.1, 0.15) is 45.5 Å². The Labute approximate surface area is 172 Å². The lowest BCUT2D eigenvalue weighted by molar-refractivity contribution is 0.0947. The van der Waals surface area contributed by atoms with Crippen molar-refractivity contribution in [2.45, 2.75) is 26.2 Å². The van der Waals surface area contributed by atoms with Gasteiger partial charge in [0.2, 0.25) is 0 Å². The van der Waals surface area contributed by atoms with Gasteiger partial charge in [0.05, 0.1) is 5.56 Å². The number of amides is 2. The zero-order chi connectivity index (χ0) is 20.6. The molecule has 29 heavy (non-hydrogen) atoms. The highest BCUT2D eigenvalue weighted by atomic mass is 16.5. The first kappa shape index (κ1) is 20.9. The average molecular weight is 396 g/mol. The third-order valence-electron chi connectivity index (χ3n) is 5.07. The molecular weight excluding hydrogens is 366 g/mol. The van der Waals surface area contributed by atoms with Gasteiger partial charge >= 0.3 is 0 Å². The number of carbonyl (C=O) groups is 2. The van der Waals surface area contributed by atoms with E-state index in [-0.39, 0.29) is 11.8 Å². The SMILES string of the molecule is COCCCNC(=O)c1cc(NC(=O)c2ccc(C)cc2)ccc1N1CCCC1. The van der Waals surface area contributed by atoms with Gasteiger partial charge in [-0.15, -0.1) is 0 Å². The molecule has 1 fully saturated rings. The van der Waals surface area contributed by atoms with Gasteiger partial charge in [0, 0.05) is 50.3 Å². The Hall–Kier alpha value is -2.86. The summed E-state index contributed by atoms with van der Waals surface area (Å²) in [5.74, 6) is -0.320. The normalized spacial score (nSPS) is 13.4. The average Bonchev–Trinajstić information content (AvgIpc) is 3.26. The molecule has 154 valence electrons. The van der Waals surface area contributed by atoms with E-state index < -0.39 is 0 Å². The Morgan fingerprint density at radius 1 is 1.03 bits per heavy atom. The van der Waals surface area contributed by atoms with Crippen molar-refractivity contribution in [3.05, 3.63) is 59.2 Å². The molecule has 0 radical (unpaired) electrons. The maximum absolute atomic E-state index is 12.8. The second-order valence-electron chi connectivity index (χ2n) is 7.35. The molecule has 1 saturated heterocycles. The van der Waals surface area contributed by atoms with Crippen LogP contribution in [0, 0.1) is 6.92 Å². The Bertz CT molecular complexity index is 843. The predicted molar refractivity (Wildman–Crippen MR) is 116 cm³/mol. The number of carbonyl (C=O) groups excluding carboxylic acids is 2. The molecule has 0 spiro atoms. The lowest BCUT2D eigenvalue weighted by Gasteiger charge is -2.22. The molecule has 0 bridgehead atoms. The van der Waals surface area contributed by atoms with Crippen molar-refractivity contribution < 1.29 is 14.3 Å². The zero-order valence-corrected chi connectivity index (χ0v) is 17.2. The topological polar surface area (TPSA) is 70.7 Å². The molecule has 0 unspecified atom stereocenters. The molecule has 0 aromatic heterocycles. The summed E-state index contributed by atoms with van der Waals surface area (Å²) in [6.07, 6.45) is 3.01. The predicted octanol–water partition coefficient (Wildman–Crippen LogP) is 3.61. The molecule has 2 amide bonds. The van der Waals surface area contributed by atoms with Crippen molar-refractivity contribution in [2.75, 3.05) is 43.6 Å². The quantitative estimate of drug-likeness (QED) is 0.670. The van der Waals surface area contributed by atoms with Crippen LogP contribution in [-0.2, 0) is 4.74 Å². The van der Waals surface area contributed by atoms with Crippen molar-refractivity contribution in [1.82, 2.24) is 5.32 Å². The Morgan fingerprint density at radius 2 is 1.76 bits per heavy atom. The number of hydrogen-bond acceptors (Lipinski definition) is 4. The second-order valence-corrected chi connectivity index (χ2v) is 7.35.